The van der Waals surface area contributed by atoms with Crippen molar-refractivity contribution >= 4 is 21.6 Å². The van der Waals surface area contributed by atoms with Crippen molar-refractivity contribution in [3.8, 4) is 11.5 Å². The predicted molar refractivity (Wildman–Crippen MR) is 121 cm³/mol. The van der Waals surface area contributed by atoms with Crippen LogP contribution in [-0.2, 0) is 14.8 Å². The zero-order valence-corrected chi connectivity index (χ0v) is 19.2. The Labute approximate surface area is 184 Å². The molecule has 1 aliphatic rings. The summed E-state index contributed by atoms with van der Waals surface area (Å²) in [4.78, 5) is 13.2. The number of fused-ring (bicyclic) bond motifs is 1. The second-order valence-electron chi connectivity index (χ2n) is 7.97. The Hall–Kier alpha value is -2.74. The van der Waals surface area contributed by atoms with Crippen molar-refractivity contribution in [1.29, 1.82) is 0 Å². The maximum atomic E-state index is 13.2. The minimum absolute atomic E-state index is 0.0580. The smallest absolute Gasteiger partial charge is 0.263 e. The molecule has 2 atom stereocenters. The largest absolute Gasteiger partial charge is 0.497 e. The van der Waals surface area contributed by atoms with Crippen LogP contribution in [0, 0.1) is 5.92 Å². The van der Waals surface area contributed by atoms with Crippen LogP contribution in [0.2, 0.25) is 0 Å². The maximum Gasteiger partial charge on any atom is 0.263 e. The van der Waals surface area contributed by atoms with Crippen LogP contribution in [0.4, 0.5) is 5.69 Å². The van der Waals surface area contributed by atoms with Crippen LogP contribution in [0.15, 0.2) is 48.5 Å². The number of amides is 1. The highest BCUT2D eigenvalue weighted by Gasteiger charge is 2.36. The highest BCUT2D eigenvalue weighted by atomic mass is 32.2. The number of nitrogens with one attached hydrogen (secondary N) is 1. The highest BCUT2D eigenvalue weighted by Crippen LogP contribution is 2.35. The van der Waals surface area contributed by atoms with Gasteiger partial charge in [0.25, 0.3) is 5.91 Å². The Morgan fingerprint density at radius 3 is 2.48 bits per heavy atom. The topological polar surface area (TPSA) is 84.9 Å². The first-order chi connectivity index (χ1) is 14.7. The Kier molecular flexibility index (Phi) is 7.10. The van der Waals surface area contributed by atoms with E-state index < -0.39 is 16.1 Å². The third-order valence-electron chi connectivity index (χ3n) is 5.27. The van der Waals surface area contributed by atoms with Gasteiger partial charge in [0.1, 0.15) is 11.5 Å². The average Bonchev–Trinajstić information content (AvgIpc) is 2.77. The number of hydrogen-bond donors (Lipinski definition) is 1. The fourth-order valence-electron chi connectivity index (χ4n) is 3.61. The number of rotatable bonds is 8. The number of anilines is 1. The number of sulfonamides is 1. The van der Waals surface area contributed by atoms with Gasteiger partial charge < -0.3 is 14.8 Å². The first kappa shape index (κ1) is 22.9. The van der Waals surface area contributed by atoms with Gasteiger partial charge >= 0.3 is 0 Å². The van der Waals surface area contributed by atoms with Crippen LogP contribution in [-0.4, -0.2) is 39.8 Å². The van der Waals surface area contributed by atoms with Crippen LogP contribution >= 0.6 is 0 Å². The molecule has 1 aliphatic heterocycles. The van der Waals surface area contributed by atoms with Gasteiger partial charge in [0.05, 0.1) is 31.1 Å². The summed E-state index contributed by atoms with van der Waals surface area (Å²) in [6.45, 7) is 5.71. The Morgan fingerprint density at radius 1 is 1.19 bits per heavy atom. The molecule has 8 heteroatoms. The van der Waals surface area contributed by atoms with Crippen LogP contribution in [0.3, 0.4) is 0 Å². The van der Waals surface area contributed by atoms with Crippen molar-refractivity contribution in [3.05, 3.63) is 54.1 Å². The quantitative estimate of drug-likeness (QED) is 0.671. The molecule has 0 unspecified atom stereocenters. The van der Waals surface area contributed by atoms with E-state index in [2.05, 4.69) is 19.2 Å². The number of methoxy groups -OCH3 is 1. The summed E-state index contributed by atoms with van der Waals surface area (Å²) in [6, 6.07) is 14.2. The molecule has 0 radical (unpaired) electrons. The molecule has 2 aromatic carbocycles. The van der Waals surface area contributed by atoms with E-state index in [1.807, 2.05) is 24.3 Å². The van der Waals surface area contributed by atoms with E-state index in [4.69, 9.17) is 9.47 Å². The molecular weight excluding hydrogens is 416 g/mol. The van der Waals surface area contributed by atoms with E-state index in [1.165, 1.54) is 4.31 Å². The van der Waals surface area contributed by atoms with Gasteiger partial charge in [-0.3, -0.25) is 9.10 Å². The summed E-state index contributed by atoms with van der Waals surface area (Å²) in [5.41, 5.74) is 1.42. The number of carbonyl (C=O) groups is 1. The molecule has 2 aromatic rings. The first-order valence-corrected chi connectivity index (χ1v) is 12.1. The molecule has 0 spiro atoms. The first-order valence-electron chi connectivity index (χ1n) is 10.5. The van der Waals surface area contributed by atoms with Crippen molar-refractivity contribution in [3.63, 3.8) is 0 Å². The van der Waals surface area contributed by atoms with Gasteiger partial charge in [-0.05, 0) is 49.1 Å². The summed E-state index contributed by atoms with van der Waals surface area (Å²) < 4.78 is 37.7. The number of hydrogen-bond acceptors (Lipinski definition) is 5. The lowest BCUT2D eigenvalue weighted by Crippen LogP contribution is -2.51. The Morgan fingerprint density at radius 2 is 1.87 bits per heavy atom. The van der Waals surface area contributed by atoms with Gasteiger partial charge in [0, 0.05) is 0 Å². The van der Waals surface area contributed by atoms with Crippen molar-refractivity contribution in [1.82, 2.24) is 5.32 Å². The van der Waals surface area contributed by atoms with E-state index in [9.17, 15) is 13.2 Å². The van der Waals surface area contributed by atoms with Crippen molar-refractivity contribution in [2.24, 2.45) is 5.92 Å². The number of benzene rings is 2. The second-order valence-corrected chi connectivity index (χ2v) is 10.2. The van der Waals surface area contributed by atoms with E-state index in [1.54, 1.807) is 38.3 Å². The molecule has 1 heterocycles. The van der Waals surface area contributed by atoms with Crippen molar-refractivity contribution in [2.75, 3.05) is 23.7 Å². The van der Waals surface area contributed by atoms with Gasteiger partial charge in [-0.15, -0.1) is 0 Å². The molecule has 0 bridgehead atoms. The highest BCUT2D eigenvalue weighted by molar-refractivity contribution is 7.92. The summed E-state index contributed by atoms with van der Waals surface area (Å²) in [5, 5.41) is 3.07. The zero-order chi connectivity index (χ0) is 22.6. The van der Waals surface area contributed by atoms with Gasteiger partial charge in [-0.25, -0.2) is 8.42 Å². The van der Waals surface area contributed by atoms with Crippen LogP contribution in [0.1, 0.15) is 38.8 Å². The summed E-state index contributed by atoms with van der Waals surface area (Å²) in [5.74, 6) is 1.07. The fourth-order valence-corrected chi connectivity index (χ4v) is 4.73. The molecule has 1 amide bonds. The molecular formula is C23H30N2O5S. The standard InChI is InChI=1S/C23H30N2O5S/c1-5-31(27,28)25-15-22(30-21-9-7-6-8-20(21)25)23(26)24-19(14-16(2)3)17-10-12-18(29-4)13-11-17/h6-13,16,19,22H,5,14-15H2,1-4H3,(H,24,26)/t19-,22+/m1/s1. The molecule has 168 valence electrons. The van der Waals surface area contributed by atoms with Crippen molar-refractivity contribution < 1.29 is 22.7 Å². The lowest BCUT2D eigenvalue weighted by Gasteiger charge is -2.35. The lowest BCUT2D eigenvalue weighted by molar-refractivity contribution is -0.128. The molecule has 31 heavy (non-hydrogen) atoms. The average molecular weight is 447 g/mol. The van der Waals surface area contributed by atoms with Gasteiger partial charge in [-0.1, -0.05) is 38.1 Å². The maximum absolute atomic E-state index is 13.2. The predicted octanol–water partition coefficient (Wildman–Crippen LogP) is 3.52. The normalized spacial score (nSPS) is 16.9. The van der Waals surface area contributed by atoms with Crippen LogP contribution in [0.5, 0.6) is 11.5 Å². The molecule has 3 rings (SSSR count). The second kappa shape index (κ2) is 9.60. The molecule has 7 nitrogen and oxygen atoms in total. The number of carbonyl (C=O) groups excluding carboxylic acids is 1. The molecule has 0 saturated heterocycles. The minimum Gasteiger partial charge on any atom is -0.497 e. The van der Waals surface area contributed by atoms with E-state index >= 15 is 0 Å². The van der Waals surface area contributed by atoms with E-state index in [-0.39, 0.29) is 24.2 Å². The third kappa shape index (κ3) is 5.31. The zero-order valence-electron chi connectivity index (χ0n) is 18.4. The number of para-hydroxylation sites is 2. The van der Waals surface area contributed by atoms with Crippen LogP contribution < -0.4 is 19.1 Å². The van der Waals surface area contributed by atoms with Crippen molar-refractivity contribution in [2.45, 2.75) is 39.3 Å². The summed E-state index contributed by atoms with van der Waals surface area (Å²) in [6.07, 6.45) is -0.206. The number of nitrogens with zero attached hydrogens (tertiary/aromatic N) is 1. The van der Waals surface area contributed by atoms with E-state index in [0.717, 1.165) is 17.7 Å². The van der Waals surface area contributed by atoms with Gasteiger partial charge in [0.15, 0.2) is 6.10 Å². The SMILES string of the molecule is CCS(=O)(=O)N1C[C@@H](C(=O)N[C@H](CC(C)C)c2ccc(OC)cc2)Oc2ccccc21. The summed E-state index contributed by atoms with van der Waals surface area (Å²) >= 11 is 0. The number of ether oxygens (including phenoxy) is 2. The molecule has 0 aromatic heterocycles. The molecule has 0 saturated carbocycles. The Balaban J connectivity index is 1.84. The molecule has 0 aliphatic carbocycles. The minimum atomic E-state index is -3.55. The third-order valence-corrected chi connectivity index (χ3v) is 7.02. The summed E-state index contributed by atoms with van der Waals surface area (Å²) in [7, 11) is -1.94. The lowest BCUT2D eigenvalue weighted by atomic mass is 9.96. The van der Waals surface area contributed by atoms with Gasteiger partial charge in [-0.2, -0.15) is 0 Å². The van der Waals surface area contributed by atoms with Gasteiger partial charge in [0.2, 0.25) is 10.0 Å². The molecule has 1 N–H and O–H groups in total. The Bertz CT molecular complexity index is 1000. The monoisotopic (exact) mass is 446 g/mol. The van der Waals surface area contributed by atoms with E-state index in [0.29, 0.717) is 17.4 Å². The molecule has 0 fully saturated rings. The fraction of sp³-hybridized carbons (Fsp3) is 0.435. The van der Waals surface area contributed by atoms with Crippen LogP contribution in [0.25, 0.3) is 0 Å².